The van der Waals surface area contributed by atoms with Crippen LogP contribution in [0, 0.1) is 11.6 Å². The lowest BCUT2D eigenvalue weighted by Gasteiger charge is -2.17. The summed E-state index contributed by atoms with van der Waals surface area (Å²) in [6, 6.07) is 12.6. The molecule has 0 fully saturated rings. The lowest BCUT2D eigenvalue weighted by Crippen LogP contribution is -2.28. The third-order valence-electron chi connectivity index (χ3n) is 3.87. The Morgan fingerprint density at radius 2 is 1.89 bits per heavy atom. The van der Waals surface area contributed by atoms with E-state index in [1.807, 2.05) is 0 Å². The van der Waals surface area contributed by atoms with Crippen LogP contribution in [-0.2, 0) is 17.9 Å². The number of nitrogens with one attached hydrogen (secondary N) is 1. The maximum Gasteiger partial charge on any atom is 0.233 e. The Labute approximate surface area is 169 Å². The summed E-state index contributed by atoms with van der Waals surface area (Å²) in [6.07, 6.45) is 0. The van der Waals surface area contributed by atoms with Gasteiger partial charge in [-0.2, -0.15) is 0 Å². The molecule has 1 amide bonds. The van der Waals surface area contributed by atoms with Gasteiger partial charge in [-0.1, -0.05) is 53.4 Å². The molecule has 0 saturated heterocycles. The summed E-state index contributed by atoms with van der Waals surface area (Å²) in [7, 11) is 1.64. The zero-order valence-corrected chi connectivity index (χ0v) is 16.7. The second-order valence-electron chi connectivity index (χ2n) is 5.98. The van der Waals surface area contributed by atoms with E-state index in [-0.39, 0.29) is 29.8 Å². The predicted octanol–water partition coefficient (Wildman–Crippen LogP) is 4.18. The second kappa shape index (κ2) is 9.61. The number of aromatic nitrogens is 2. The molecule has 3 rings (SSSR count). The molecule has 1 aromatic heterocycles. The molecule has 0 unspecified atom stereocenters. The molecule has 28 heavy (non-hydrogen) atoms. The molecule has 0 radical (unpaired) electrons. The minimum Gasteiger partial charge on any atom is -0.356 e. The lowest BCUT2D eigenvalue weighted by atomic mass is 10.2. The molecule has 5 nitrogen and oxygen atoms in total. The fraction of sp³-hybridized carbons (Fsp3) is 0.211. The molecule has 0 saturated carbocycles. The van der Waals surface area contributed by atoms with Crippen molar-refractivity contribution in [3.05, 3.63) is 71.3 Å². The first-order valence-corrected chi connectivity index (χ1v) is 10.2. The molecule has 0 aliphatic heterocycles. The van der Waals surface area contributed by atoms with Crippen LogP contribution < -0.4 is 5.32 Å². The van der Waals surface area contributed by atoms with Crippen LogP contribution >= 0.6 is 23.1 Å². The fourth-order valence-electron chi connectivity index (χ4n) is 2.32. The maximum absolute atomic E-state index is 13.7. The van der Waals surface area contributed by atoms with Crippen LogP contribution in [0.5, 0.6) is 0 Å². The molecular weight excluding hydrogens is 402 g/mol. The Morgan fingerprint density at radius 1 is 1.14 bits per heavy atom. The van der Waals surface area contributed by atoms with Gasteiger partial charge in [-0.25, -0.2) is 8.78 Å². The van der Waals surface area contributed by atoms with Crippen LogP contribution in [0.4, 0.5) is 13.9 Å². The van der Waals surface area contributed by atoms with Gasteiger partial charge in [0.2, 0.25) is 11.0 Å². The number of anilines is 1. The summed E-state index contributed by atoms with van der Waals surface area (Å²) < 4.78 is 27.3. The summed E-state index contributed by atoms with van der Waals surface area (Å²) in [5.41, 5.74) is 1.40. The van der Waals surface area contributed by atoms with Crippen LogP contribution in [0.15, 0.2) is 52.9 Å². The standard InChI is InChI=1S/C19H18F2N4OS2/c1-25(11-14-4-2-3-5-16(14)21)17(26)12-27-19-24-23-18(28-19)22-10-13-6-8-15(20)9-7-13/h2-9H,10-12H2,1H3,(H,22,23). The molecule has 1 N–H and O–H groups in total. The smallest absolute Gasteiger partial charge is 0.233 e. The van der Waals surface area contributed by atoms with Gasteiger partial charge in [0, 0.05) is 25.7 Å². The predicted molar refractivity (Wildman–Crippen MR) is 107 cm³/mol. The first-order valence-electron chi connectivity index (χ1n) is 8.43. The van der Waals surface area contributed by atoms with Gasteiger partial charge in [-0.05, 0) is 23.8 Å². The molecule has 146 valence electrons. The summed E-state index contributed by atoms with van der Waals surface area (Å²) in [5.74, 6) is -0.527. The maximum atomic E-state index is 13.7. The van der Waals surface area contributed by atoms with Crippen molar-refractivity contribution in [3.8, 4) is 0 Å². The number of hydrogen-bond acceptors (Lipinski definition) is 6. The number of nitrogens with zero attached hydrogens (tertiary/aromatic N) is 3. The Bertz CT molecular complexity index is 934. The summed E-state index contributed by atoms with van der Waals surface area (Å²) >= 11 is 2.63. The van der Waals surface area contributed by atoms with Gasteiger partial charge >= 0.3 is 0 Å². The quantitative estimate of drug-likeness (QED) is 0.554. The Kier molecular flexibility index (Phi) is 6.94. The van der Waals surface area contributed by atoms with Crippen molar-refractivity contribution >= 4 is 34.1 Å². The Hall–Kier alpha value is -2.52. The summed E-state index contributed by atoms with van der Waals surface area (Å²) in [4.78, 5) is 13.8. The third-order valence-corrected chi connectivity index (χ3v) is 5.87. The van der Waals surface area contributed by atoms with E-state index in [9.17, 15) is 13.6 Å². The molecule has 2 aromatic carbocycles. The first-order chi connectivity index (χ1) is 13.5. The van der Waals surface area contributed by atoms with Crippen molar-refractivity contribution in [3.63, 3.8) is 0 Å². The van der Waals surface area contributed by atoms with Crippen molar-refractivity contribution in [1.82, 2.24) is 15.1 Å². The number of carbonyl (C=O) groups excluding carboxylic acids is 1. The van der Waals surface area contributed by atoms with Gasteiger partial charge in [-0.3, -0.25) is 4.79 Å². The third kappa shape index (κ3) is 5.74. The van der Waals surface area contributed by atoms with E-state index in [1.54, 1.807) is 37.4 Å². The minimum absolute atomic E-state index is 0.121. The average molecular weight is 421 g/mol. The monoisotopic (exact) mass is 420 g/mol. The number of halogens is 2. The summed E-state index contributed by atoms with van der Waals surface area (Å²) in [5, 5.41) is 11.8. The number of hydrogen-bond donors (Lipinski definition) is 1. The first kappa shape index (κ1) is 20.2. The second-order valence-corrected chi connectivity index (χ2v) is 8.18. The topological polar surface area (TPSA) is 58.1 Å². The molecule has 0 atom stereocenters. The lowest BCUT2D eigenvalue weighted by molar-refractivity contribution is -0.127. The van der Waals surface area contributed by atoms with Crippen molar-refractivity contribution in [1.29, 1.82) is 0 Å². The molecule has 0 aliphatic carbocycles. The number of rotatable bonds is 8. The average Bonchev–Trinajstić information content (AvgIpc) is 3.15. The molecule has 1 heterocycles. The van der Waals surface area contributed by atoms with Gasteiger partial charge in [0.05, 0.1) is 5.75 Å². The van der Waals surface area contributed by atoms with Gasteiger partial charge in [0.1, 0.15) is 11.6 Å². The van der Waals surface area contributed by atoms with Crippen molar-refractivity contribution in [2.24, 2.45) is 0 Å². The van der Waals surface area contributed by atoms with Gasteiger partial charge < -0.3 is 10.2 Å². The van der Waals surface area contributed by atoms with E-state index in [1.165, 1.54) is 46.2 Å². The van der Waals surface area contributed by atoms with Crippen LogP contribution in [-0.4, -0.2) is 33.8 Å². The van der Waals surface area contributed by atoms with Crippen LogP contribution in [0.2, 0.25) is 0 Å². The molecule has 0 spiro atoms. The minimum atomic E-state index is -0.323. The zero-order chi connectivity index (χ0) is 19.9. The van der Waals surface area contributed by atoms with Gasteiger partial charge in [-0.15, -0.1) is 10.2 Å². The Balaban J connectivity index is 1.46. The van der Waals surface area contributed by atoms with E-state index in [0.717, 1.165) is 5.56 Å². The van der Waals surface area contributed by atoms with Crippen LogP contribution in [0.1, 0.15) is 11.1 Å². The van der Waals surface area contributed by atoms with Crippen molar-refractivity contribution in [2.45, 2.75) is 17.4 Å². The van der Waals surface area contributed by atoms with E-state index in [2.05, 4.69) is 15.5 Å². The van der Waals surface area contributed by atoms with E-state index >= 15 is 0 Å². The van der Waals surface area contributed by atoms with E-state index in [0.29, 0.717) is 21.6 Å². The number of benzene rings is 2. The number of carbonyl (C=O) groups is 1. The van der Waals surface area contributed by atoms with Gasteiger partial charge in [0.25, 0.3) is 0 Å². The highest BCUT2D eigenvalue weighted by Gasteiger charge is 2.14. The highest BCUT2D eigenvalue weighted by Crippen LogP contribution is 2.26. The Morgan fingerprint density at radius 3 is 2.64 bits per heavy atom. The fourth-order valence-corrected chi connectivity index (χ4v) is 4.01. The molecular formula is C19H18F2N4OS2. The highest BCUT2D eigenvalue weighted by atomic mass is 32.2. The SMILES string of the molecule is CN(Cc1ccccc1F)C(=O)CSc1nnc(NCc2ccc(F)cc2)s1. The van der Waals surface area contributed by atoms with Gasteiger partial charge in [0.15, 0.2) is 4.34 Å². The molecule has 3 aromatic rings. The number of amides is 1. The highest BCUT2D eigenvalue weighted by molar-refractivity contribution is 8.01. The normalized spacial score (nSPS) is 10.7. The van der Waals surface area contributed by atoms with E-state index < -0.39 is 0 Å². The van der Waals surface area contributed by atoms with Crippen molar-refractivity contribution < 1.29 is 13.6 Å². The molecule has 0 bridgehead atoms. The molecule has 0 aliphatic rings. The van der Waals surface area contributed by atoms with E-state index in [4.69, 9.17) is 0 Å². The summed E-state index contributed by atoms with van der Waals surface area (Å²) in [6.45, 7) is 0.719. The largest absolute Gasteiger partial charge is 0.356 e. The zero-order valence-electron chi connectivity index (χ0n) is 15.1. The van der Waals surface area contributed by atoms with Crippen molar-refractivity contribution in [2.75, 3.05) is 18.1 Å². The van der Waals surface area contributed by atoms with Crippen LogP contribution in [0.3, 0.4) is 0 Å². The molecule has 9 heteroatoms. The number of thioether (sulfide) groups is 1. The van der Waals surface area contributed by atoms with Crippen LogP contribution in [0.25, 0.3) is 0 Å².